The van der Waals surface area contributed by atoms with E-state index in [9.17, 15) is 4.79 Å². The predicted molar refractivity (Wildman–Crippen MR) is 74.9 cm³/mol. The van der Waals surface area contributed by atoms with E-state index in [0.29, 0.717) is 6.54 Å². The molecule has 2 heterocycles. The van der Waals surface area contributed by atoms with Crippen molar-refractivity contribution in [2.24, 2.45) is 0 Å². The van der Waals surface area contributed by atoms with Gasteiger partial charge in [-0.05, 0) is 28.7 Å². The molecule has 0 aromatic carbocycles. The Bertz CT molecular complexity index is 481. The summed E-state index contributed by atoms with van der Waals surface area (Å²) in [7, 11) is 1.80. The average Bonchev–Trinajstić information content (AvgIpc) is 2.88. The molecule has 0 unspecified atom stereocenters. The van der Waals surface area contributed by atoms with E-state index in [1.807, 2.05) is 16.8 Å². The minimum atomic E-state index is 0.0483. The van der Waals surface area contributed by atoms with Crippen LogP contribution in [0.3, 0.4) is 0 Å². The first-order valence-corrected chi connectivity index (χ1v) is 7.43. The van der Waals surface area contributed by atoms with Crippen molar-refractivity contribution in [2.75, 3.05) is 7.05 Å². The molecular formula is C10H9IN2OS2. The lowest BCUT2D eigenvalue weighted by Crippen LogP contribution is -2.25. The van der Waals surface area contributed by atoms with Crippen LogP contribution in [0, 0.1) is 2.88 Å². The van der Waals surface area contributed by atoms with Gasteiger partial charge in [-0.1, -0.05) is 0 Å². The third kappa shape index (κ3) is 2.80. The summed E-state index contributed by atoms with van der Waals surface area (Å²) in [5, 5.41) is 3.85. The lowest BCUT2D eigenvalue weighted by molar-refractivity contribution is 0.0784. The number of thiophene rings is 1. The number of carbonyl (C=O) groups excluding carboxylic acids is 1. The molecule has 3 nitrogen and oxygen atoms in total. The number of hydrogen-bond donors (Lipinski definition) is 0. The Hall–Kier alpha value is -0.470. The molecule has 6 heteroatoms. The second-order valence-corrected chi connectivity index (χ2v) is 6.80. The lowest BCUT2D eigenvalue weighted by atomic mass is 10.3. The Kier molecular flexibility index (Phi) is 3.93. The number of nitrogens with zero attached hydrogens (tertiary/aromatic N) is 2. The van der Waals surface area contributed by atoms with E-state index >= 15 is 0 Å². The number of halogens is 1. The Balaban J connectivity index is 2.05. The number of thiazole rings is 1. The van der Waals surface area contributed by atoms with E-state index < -0.39 is 0 Å². The van der Waals surface area contributed by atoms with Crippen molar-refractivity contribution >= 4 is 51.2 Å². The summed E-state index contributed by atoms with van der Waals surface area (Å²) < 4.78 is 1.13. The minimum Gasteiger partial charge on any atom is -0.336 e. The van der Waals surface area contributed by atoms with Crippen molar-refractivity contribution < 1.29 is 4.79 Å². The van der Waals surface area contributed by atoms with Crippen molar-refractivity contribution in [2.45, 2.75) is 6.54 Å². The molecule has 0 bridgehead atoms. The van der Waals surface area contributed by atoms with E-state index in [1.165, 1.54) is 0 Å². The maximum absolute atomic E-state index is 12.0. The van der Waals surface area contributed by atoms with E-state index in [4.69, 9.17) is 0 Å². The van der Waals surface area contributed by atoms with E-state index in [2.05, 4.69) is 27.6 Å². The summed E-state index contributed by atoms with van der Waals surface area (Å²) >= 11 is 5.35. The van der Waals surface area contributed by atoms with Crippen molar-refractivity contribution in [1.82, 2.24) is 9.88 Å². The van der Waals surface area contributed by atoms with Gasteiger partial charge in [0.05, 0.1) is 26.2 Å². The first-order chi connectivity index (χ1) is 7.66. The molecule has 0 fully saturated rings. The van der Waals surface area contributed by atoms with Gasteiger partial charge in [0.25, 0.3) is 5.91 Å². The van der Waals surface area contributed by atoms with Gasteiger partial charge in [-0.2, -0.15) is 0 Å². The van der Waals surface area contributed by atoms with E-state index in [1.54, 1.807) is 40.1 Å². The highest BCUT2D eigenvalue weighted by Gasteiger charge is 2.13. The topological polar surface area (TPSA) is 33.2 Å². The standard InChI is InChI=1S/C10H9IN2OS2/c1-13(3-8-5-15-6-12-8)10(14)7-2-9(11)16-4-7/h2,4-6H,3H2,1H3. The molecule has 16 heavy (non-hydrogen) atoms. The zero-order valence-corrected chi connectivity index (χ0v) is 12.3. The second-order valence-electron chi connectivity index (χ2n) is 3.28. The van der Waals surface area contributed by atoms with E-state index in [0.717, 1.165) is 14.1 Å². The zero-order valence-electron chi connectivity index (χ0n) is 8.51. The highest BCUT2D eigenvalue weighted by atomic mass is 127. The number of hydrogen-bond acceptors (Lipinski definition) is 4. The summed E-state index contributed by atoms with van der Waals surface area (Å²) in [4.78, 5) is 17.8. The third-order valence-electron chi connectivity index (χ3n) is 2.04. The fourth-order valence-electron chi connectivity index (χ4n) is 1.27. The molecule has 0 aliphatic rings. The van der Waals surface area contributed by atoms with Crippen LogP contribution >= 0.6 is 45.3 Å². The first kappa shape index (κ1) is 12.0. The van der Waals surface area contributed by atoms with Crippen LogP contribution in [0.15, 0.2) is 22.3 Å². The Morgan fingerprint density at radius 2 is 2.38 bits per heavy atom. The SMILES string of the molecule is CN(Cc1cscn1)C(=O)c1csc(I)c1. The highest BCUT2D eigenvalue weighted by molar-refractivity contribution is 14.1. The Labute approximate surface area is 115 Å². The average molecular weight is 364 g/mol. The van der Waals surface area contributed by atoms with Crippen molar-refractivity contribution in [3.05, 3.63) is 36.5 Å². The summed E-state index contributed by atoms with van der Waals surface area (Å²) in [6, 6.07) is 1.91. The van der Waals surface area contributed by atoms with Gasteiger partial charge in [-0.25, -0.2) is 4.98 Å². The van der Waals surface area contributed by atoms with Crippen molar-refractivity contribution in [1.29, 1.82) is 0 Å². The normalized spacial score (nSPS) is 10.4. The van der Waals surface area contributed by atoms with Gasteiger partial charge in [-0.15, -0.1) is 22.7 Å². The maximum Gasteiger partial charge on any atom is 0.254 e. The highest BCUT2D eigenvalue weighted by Crippen LogP contribution is 2.18. The largest absolute Gasteiger partial charge is 0.336 e. The zero-order chi connectivity index (χ0) is 11.5. The van der Waals surface area contributed by atoms with Gasteiger partial charge < -0.3 is 4.90 Å². The molecule has 0 saturated heterocycles. The van der Waals surface area contributed by atoms with Crippen LogP contribution in [-0.2, 0) is 6.54 Å². The predicted octanol–water partition coefficient (Wildman–Crippen LogP) is 3.08. The molecule has 2 aromatic heterocycles. The molecule has 0 aliphatic heterocycles. The molecule has 2 aromatic rings. The Morgan fingerprint density at radius 1 is 1.56 bits per heavy atom. The molecular weight excluding hydrogens is 355 g/mol. The van der Waals surface area contributed by atoms with Gasteiger partial charge in [0, 0.05) is 17.8 Å². The Morgan fingerprint density at radius 3 is 2.94 bits per heavy atom. The monoisotopic (exact) mass is 364 g/mol. The summed E-state index contributed by atoms with van der Waals surface area (Å²) in [6.45, 7) is 0.564. The molecule has 0 N–H and O–H groups in total. The molecule has 0 saturated carbocycles. The third-order valence-corrected chi connectivity index (χ3v) is 4.47. The van der Waals surface area contributed by atoms with E-state index in [-0.39, 0.29) is 5.91 Å². The molecule has 2 rings (SSSR count). The van der Waals surface area contributed by atoms with Crippen LogP contribution in [0.25, 0.3) is 0 Å². The van der Waals surface area contributed by atoms with Crippen molar-refractivity contribution in [3.8, 4) is 0 Å². The molecule has 0 radical (unpaired) electrons. The first-order valence-electron chi connectivity index (χ1n) is 4.53. The van der Waals surface area contributed by atoms with Gasteiger partial charge in [0.15, 0.2) is 0 Å². The molecule has 84 valence electrons. The minimum absolute atomic E-state index is 0.0483. The lowest BCUT2D eigenvalue weighted by Gasteiger charge is -2.14. The van der Waals surface area contributed by atoms with Gasteiger partial charge >= 0.3 is 0 Å². The number of carbonyl (C=O) groups is 1. The van der Waals surface area contributed by atoms with Crippen LogP contribution in [0.4, 0.5) is 0 Å². The molecule has 0 aliphatic carbocycles. The fourth-order valence-corrected chi connectivity index (χ4v) is 3.14. The van der Waals surface area contributed by atoms with Crippen molar-refractivity contribution in [3.63, 3.8) is 0 Å². The summed E-state index contributed by atoms with van der Waals surface area (Å²) in [5.41, 5.74) is 3.47. The quantitative estimate of drug-likeness (QED) is 0.785. The van der Waals surface area contributed by atoms with Crippen LogP contribution < -0.4 is 0 Å². The molecule has 0 atom stereocenters. The second kappa shape index (κ2) is 5.24. The number of amides is 1. The van der Waals surface area contributed by atoms with Crippen LogP contribution in [0.5, 0.6) is 0 Å². The van der Waals surface area contributed by atoms with Gasteiger partial charge in [-0.3, -0.25) is 4.79 Å². The number of aromatic nitrogens is 1. The smallest absolute Gasteiger partial charge is 0.254 e. The van der Waals surface area contributed by atoms with Crippen LogP contribution in [0.2, 0.25) is 0 Å². The van der Waals surface area contributed by atoms with Crippen LogP contribution in [0.1, 0.15) is 16.1 Å². The molecule has 1 amide bonds. The van der Waals surface area contributed by atoms with Gasteiger partial charge in [0.2, 0.25) is 0 Å². The van der Waals surface area contributed by atoms with Crippen LogP contribution in [-0.4, -0.2) is 22.8 Å². The number of rotatable bonds is 3. The molecule has 0 spiro atoms. The summed E-state index contributed by atoms with van der Waals surface area (Å²) in [5.74, 6) is 0.0483. The maximum atomic E-state index is 12.0. The fraction of sp³-hybridized carbons (Fsp3) is 0.200. The summed E-state index contributed by atoms with van der Waals surface area (Å²) in [6.07, 6.45) is 0. The van der Waals surface area contributed by atoms with Gasteiger partial charge in [0.1, 0.15) is 0 Å².